The fraction of sp³-hybridized carbons (Fsp3) is 0.476. The third-order valence-corrected chi connectivity index (χ3v) is 4.93. The van der Waals surface area contributed by atoms with Crippen molar-refractivity contribution in [3.8, 4) is 11.3 Å². The van der Waals surface area contributed by atoms with Gasteiger partial charge in [-0.1, -0.05) is 13.8 Å². The maximum atomic E-state index is 13.1. The van der Waals surface area contributed by atoms with Gasteiger partial charge in [0.1, 0.15) is 5.82 Å². The quantitative estimate of drug-likeness (QED) is 0.843. The van der Waals surface area contributed by atoms with Crippen LogP contribution < -0.4 is 10.2 Å². The Morgan fingerprint density at radius 1 is 1.22 bits per heavy atom. The van der Waals surface area contributed by atoms with Gasteiger partial charge in [0.25, 0.3) is 0 Å². The largest absolute Gasteiger partial charge is 0.356 e. The molecule has 3 rings (SSSR count). The summed E-state index contributed by atoms with van der Waals surface area (Å²) in [5, 5.41) is 11.7. The molecule has 0 spiro atoms. The fourth-order valence-electron chi connectivity index (χ4n) is 3.30. The summed E-state index contributed by atoms with van der Waals surface area (Å²) in [6, 6.07) is 10.0. The molecule has 0 aliphatic carbocycles. The van der Waals surface area contributed by atoms with Crippen LogP contribution in [-0.4, -0.2) is 35.7 Å². The van der Waals surface area contributed by atoms with E-state index >= 15 is 0 Å². The van der Waals surface area contributed by atoms with Crippen molar-refractivity contribution < 1.29 is 9.18 Å². The molecule has 2 heterocycles. The van der Waals surface area contributed by atoms with E-state index in [9.17, 15) is 9.18 Å². The van der Waals surface area contributed by atoms with Crippen LogP contribution in [0.4, 0.5) is 10.2 Å². The van der Waals surface area contributed by atoms with Crippen LogP contribution in [-0.2, 0) is 4.79 Å². The Kier molecular flexibility index (Phi) is 6.37. The molecule has 1 aromatic heterocycles. The number of nitrogens with one attached hydrogen (secondary N) is 1. The maximum absolute atomic E-state index is 13.1. The SMILES string of the molecule is CC(C)CCNC(=O)C1CCCN(c2ccc(-c3ccc(F)cc3)nn2)C1. The van der Waals surface area contributed by atoms with Gasteiger partial charge in [0.15, 0.2) is 5.82 Å². The smallest absolute Gasteiger partial charge is 0.224 e. The topological polar surface area (TPSA) is 58.1 Å². The maximum Gasteiger partial charge on any atom is 0.224 e. The molecule has 0 bridgehead atoms. The molecule has 1 unspecified atom stereocenters. The van der Waals surface area contributed by atoms with Gasteiger partial charge in [-0.2, -0.15) is 0 Å². The summed E-state index contributed by atoms with van der Waals surface area (Å²) in [5.74, 6) is 1.22. The molecule has 5 nitrogen and oxygen atoms in total. The van der Waals surface area contributed by atoms with Crippen molar-refractivity contribution in [1.29, 1.82) is 0 Å². The molecule has 144 valence electrons. The number of anilines is 1. The van der Waals surface area contributed by atoms with Crippen LogP contribution in [0.5, 0.6) is 0 Å². The lowest BCUT2D eigenvalue weighted by atomic mass is 9.97. The highest BCUT2D eigenvalue weighted by Crippen LogP contribution is 2.23. The summed E-state index contributed by atoms with van der Waals surface area (Å²) in [4.78, 5) is 14.5. The lowest BCUT2D eigenvalue weighted by Gasteiger charge is -2.32. The molecular formula is C21H27FN4O. The molecule has 6 heteroatoms. The van der Waals surface area contributed by atoms with Crippen LogP contribution in [0, 0.1) is 17.7 Å². The van der Waals surface area contributed by atoms with E-state index in [4.69, 9.17) is 0 Å². The Hall–Kier alpha value is -2.50. The number of nitrogens with zero attached hydrogens (tertiary/aromatic N) is 3. The van der Waals surface area contributed by atoms with Gasteiger partial charge in [0.05, 0.1) is 11.6 Å². The zero-order chi connectivity index (χ0) is 19.2. The number of hydrogen-bond acceptors (Lipinski definition) is 4. The monoisotopic (exact) mass is 370 g/mol. The summed E-state index contributed by atoms with van der Waals surface area (Å²) >= 11 is 0. The molecule has 1 atom stereocenters. The van der Waals surface area contributed by atoms with Crippen molar-refractivity contribution in [2.75, 3.05) is 24.5 Å². The van der Waals surface area contributed by atoms with E-state index < -0.39 is 0 Å². The number of piperidine rings is 1. The number of benzene rings is 1. The van der Waals surface area contributed by atoms with E-state index in [1.165, 1.54) is 12.1 Å². The van der Waals surface area contributed by atoms with Gasteiger partial charge in [-0.05, 0) is 61.6 Å². The number of hydrogen-bond donors (Lipinski definition) is 1. The van der Waals surface area contributed by atoms with Crippen molar-refractivity contribution in [2.24, 2.45) is 11.8 Å². The molecule has 1 saturated heterocycles. The van der Waals surface area contributed by atoms with Crippen molar-refractivity contribution in [1.82, 2.24) is 15.5 Å². The van der Waals surface area contributed by atoms with Gasteiger partial charge >= 0.3 is 0 Å². The molecule has 2 aromatic rings. The third-order valence-electron chi connectivity index (χ3n) is 4.93. The number of carbonyl (C=O) groups is 1. The second-order valence-corrected chi connectivity index (χ2v) is 7.54. The Labute approximate surface area is 160 Å². The average molecular weight is 370 g/mol. The van der Waals surface area contributed by atoms with Crippen molar-refractivity contribution in [2.45, 2.75) is 33.1 Å². The fourth-order valence-corrected chi connectivity index (χ4v) is 3.30. The summed E-state index contributed by atoms with van der Waals surface area (Å²) in [6.45, 7) is 6.59. The molecule has 27 heavy (non-hydrogen) atoms. The Morgan fingerprint density at radius 3 is 2.67 bits per heavy atom. The Balaban J connectivity index is 1.60. The van der Waals surface area contributed by atoms with E-state index in [1.54, 1.807) is 12.1 Å². The van der Waals surface area contributed by atoms with Crippen LogP contribution in [0.25, 0.3) is 11.3 Å². The first kappa shape index (κ1) is 19.3. The highest BCUT2D eigenvalue weighted by Gasteiger charge is 2.26. The second-order valence-electron chi connectivity index (χ2n) is 7.54. The summed E-state index contributed by atoms with van der Waals surface area (Å²) in [7, 11) is 0. The minimum Gasteiger partial charge on any atom is -0.356 e. The minimum atomic E-state index is -0.269. The second kappa shape index (κ2) is 8.93. The van der Waals surface area contributed by atoms with Crippen LogP contribution in [0.3, 0.4) is 0 Å². The van der Waals surface area contributed by atoms with Gasteiger partial charge in [0.2, 0.25) is 5.91 Å². The molecule has 0 radical (unpaired) electrons. The first-order chi connectivity index (χ1) is 13.0. The number of aromatic nitrogens is 2. The molecule has 1 aromatic carbocycles. The zero-order valence-electron chi connectivity index (χ0n) is 16.0. The molecular weight excluding hydrogens is 343 g/mol. The zero-order valence-corrected chi connectivity index (χ0v) is 16.0. The summed E-state index contributed by atoms with van der Waals surface area (Å²) < 4.78 is 13.1. The third kappa shape index (κ3) is 5.25. The van der Waals surface area contributed by atoms with E-state index in [1.807, 2.05) is 12.1 Å². The van der Waals surface area contributed by atoms with Crippen LogP contribution >= 0.6 is 0 Å². The minimum absolute atomic E-state index is 0.00973. The van der Waals surface area contributed by atoms with Crippen LogP contribution in [0.1, 0.15) is 33.1 Å². The normalized spacial score (nSPS) is 17.2. The number of rotatable bonds is 6. The van der Waals surface area contributed by atoms with E-state index in [2.05, 4.69) is 34.3 Å². The van der Waals surface area contributed by atoms with Gasteiger partial charge in [0, 0.05) is 25.2 Å². The Bertz CT molecular complexity index is 746. The standard InChI is InChI=1S/C21H27FN4O/c1-15(2)11-12-23-21(27)17-4-3-13-26(14-17)20-10-9-19(24-25-20)16-5-7-18(22)8-6-16/h5-10,15,17H,3-4,11-14H2,1-2H3,(H,23,27). The number of amides is 1. The van der Waals surface area contributed by atoms with E-state index in [0.29, 0.717) is 18.2 Å². The number of carbonyl (C=O) groups excluding carboxylic acids is 1. The molecule has 1 fully saturated rings. The van der Waals surface area contributed by atoms with Crippen molar-refractivity contribution in [3.05, 3.63) is 42.2 Å². The van der Waals surface area contributed by atoms with Gasteiger partial charge in [-0.15, -0.1) is 10.2 Å². The lowest BCUT2D eigenvalue weighted by molar-refractivity contribution is -0.125. The number of halogens is 1. The molecule has 0 saturated carbocycles. The predicted octanol–water partition coefficient (Wildman–Crippen LogP) is 3.66. The lowest BCUT2D eigenvalue weighted by Crippen LogP contribution is -2.43. The first-order valence-electron chi connectivity index (χ1n) is 9.65. The van der Waals surface area contributed by atoms with Gasteiger partial charge < -0.3 is 10.2 Å². The van der Waals surface area contributed by atoms with Crippen LogP contribution in [0.2, 0.25) is 0 Å². The summed E-state index contributed by atoms with van der Waals surface area (Å²) in [5.41, 5.74) is 1.54. The average Bonchev–Trinajstić information content (AvgIpc) is 2.68. The summed E-state index contributed by atoms with van der Waals surface area (Å²) in [6.07, 6.45) is 2.87. The molecule has 1 amide bonds. The van der Waals surface area contributed by atoms with Crippen molar-refractivity contribution >= 4 is 11.7 Å². The van der Waals surface area contributed by atoms with Crippen LogP contribution in [0.15, 0.2) is 36.4 Å². The van der Waals surface area contributed by atoms with Gasteiger partial charge in [-0.3, -0.25) is 4.79 Å². The highest BCUT2D eigenvalue weighted by molar-refractivity contribution is 5.79. The van der Waals surface area contributed by atoms with Gasteiger partial charge in [-0.25, -0.2) is 4.39 Å². The Morgan fingerprint density at radius 2 is 2.00 bits per heavy atom. The van der Waals surface area contributed by atoms with E-state index in [0.717, 1.165) is 43.7 Å². The predicted molar refractivity (Wildman–Crippen MR) is 105 cm³/mol. The molecule has 1 aliphatic rings. The molecule has 1 N–H and O–H groups in total. The first-order valence-corrected chi connectivity index (χ1v) is 9.65. The highest BCUT2D eigenvalue weighted by atomic mass is 19.1. The van der Waals surface area contributed by atoms with Crippen molar-refractivity contribution in [3.63, 3.8) is 0 Å². The molecule has 1 aliphatic heterocycles. The van der Waals surface area contributed by atoms with E-state index in [-0.39, 0.29) is 17.6 Å².